The van der Waals surface area contributed by atoms with E-state index in [1.165, 1.54) is 24.6 Å². The van der Waals surface area contributed by atoms with E-state index in [9.17, 15) is 9.59 Å². The average Bonchev–Trinajstić information content (AvgIpc) is 2.89. The molecule has 0 aliphatic heterocycles. The molecule has 2 aromatic rings. The summed E-state index contributed by atoms with van der Waals surface area (Å²) >= 11 is 0. The number of esters is 2. The molecule has 0 saturated heterocycles. The number of hydrogen-bond donors (Lipinski definition) is 0. The van der Waals surface area contributed by atoms with Crippen LogP contribution in [0, 0.1) is 0 Å². The number of methoxy groups -OCH3 is 2. The number of fused-ring (bicyclic) bond motifs is 1. The second kappa shape index (κ2) is 6.42. The second-order valence-electron chi connectivity index (χ2n) is 8.14. The van der Waals surface area contributed by atoms with Crippen LogP contribution in [-0.4, -0.2) is 51.9 Å². The van der Waals surface area contributed by atoms with Crippen LogP contribution in [0.25, 0.3) is 5.52 Å². The molecule has 0 aromatic carbocycles. The Labute approximate surface area is 150 Å². The normalized spacial score (nSPS) is 12.3. The van der Waals surface area contributed by atoms with Crippen LogP contribution in [0.4, 0.5) is 0 Å². The highest BCUT2D eigenvalue weighted by Gasteiger charge is 2.32. The van der Waals surface area contributed by atoms with Crippen LogP contribution in [0.1, 0.15) is 20.8 Å². The first-order chi connectivity index (χ1) is 11.4. The molecule has 136 valence electrons. The van der Waals surface area contributed by atoms with Crippen LogP contribution in [0.15, 0.2) is 12.3 Å². The van der Waals surface area contributed by atoms with Crippen molar-refractivity contribution in [3.63, 3.8) is 0 Å². The van der Waals surface area contributed by atoms with Gasteiger partial charge in [-0.05, 0) is 11.3 Å². The largest absolute Gasteiger partial charge is 0.465 e. The molecular weight excluding hydrogens is 352 g/mol. The molecule has 0 unspecified atom stereocenters. The van der Waals surface area contributed by atoms with Crippen molar-refractivity contribution in [1.82, 2.24) is 9.61 Å². The fourth-order valence-corrected chi connectivity index (χ4v) is 7.93. The summed E-state index contributed by atoms with van der Waals surface area (Å²) in [6.07, 6.45) is 1.98. The van der Waals surface area contributed by atoms with Gasteiger partial charge in [0.25, 0.3) is 0 Å². The van der Waals surface area contributed by atoms with Crippen LogP contribution in [0.2, 0.25) is 39.3 Å². The molecule has 8 heteroatoms. The molecule has 25 heavy (non-hydrogen) atoms. The van der Waals surface area contributed by atoms with Gasteiger partial charge in [-0.3, -0.25) is 0 Å². The Hall–Kier alpha value is -1.94. The molecule has 0 saturated carbocycles. The Morgan fingerprint density at radius 1 is 0.920 bits per heavy atom. The Bertz CT molecular complexity index is 845. The van der Waals surface area contributed by atoms with E-state index in [1.807, 2.05) is 12.3 Å². The lowest BCUT2D eigenvalue weighted by Crippen LogP contribution is -2.56. The van der Waals surface area contributed by atoms with Crippen LogP contribution < -0.4 is 10.4 Å². The van der Waals surface area contributed by atoms with Crippen molar-refractivity contribution in [2.75, 3.05) is 14.2 Å². The maximum Gasteiger partial charge on any atom is 0.359 e. The lowest BCUT2D eigenvalue weighted by molar-refractivity contribution is 0.0553. The molecule has 0 atom stereocenters. The molecule has 0 aliphatic carbocycles. The number of carbonyl (C=O) groups is 2. The molecule has 2 heterocycles. The van der Waals surface area contributed by atoms with E-state index in [2.05, 4.69) is 44.4 Å². The number of ether oxygens (including phenoxy) is 2. The molecule has 2 rings (SSSR count). The molecule has 0 amide bonds. The summed E-state index contributed by atoms with van der Waals surface area (Å²) in [6, 6.07) is 2.02. The predicted molar refractivity (Wildman–Crippen MR) is 104 cm³/mol. The highest BCUT2D eigenvalue weighted by Crippen LogP contribution is 2.19. The molecule has 0 radical (unpaired) electrons. The number of hydrogen-bond acceptors (Lipinski definition) is 5. The fourth-order valence-electron chi connectivity index (χ4n) is 2.85. The summed E-state index contributed by atoms with van der Waals surface area (Å²) in [7, 11) is -0.750. The SMILES string of the molecule is COC(=O)c1nn2cc([Si](C)(C)C)c([Si](C)(C)C)cc2c1C(=O)OC. The lowest BCUT2D eigenvalue weighted by atomic mass is 10.2. The summed E-state index contributed by atoms with van der Waals surface area (Å²) < 4.78 is 11.3. The lowest BCUT2D eigenvalue weighted by Gasteiger charge is -2.28. The molecule has 2 aromatic heterocycles. The summed E-state index contributed by atoms with van der Waals surface area (Å²) in [6.45, 7) is 13.7. The zero-order chi connectivity index (χ0) is 19.2. The Morgan fingerprint density at radius 2 is 1.44 bits per heavy atom. The van der Waals surface area contributed by atoms with Gasteiger partial charge in [0.05, 0.1) is 35.9 Å². The molecule has 0 fully saturated rings. The van der Waals surface area contributed by atoms with E-state index in [-0.39, 0.29) is 11.3 Å². The van der Waals surface area contributed by atoms with Crippen LogP contribution in [0.5, 0.6) is 0 Å². The summed E-state index contributed by atoms with van der Waals surface area (Å²) in [4.78, 5) is 24.4. The molecule has 0 bridgehead atoms. The number of aromatic nitrogens is 2. The molecular formula is C17H26N2O4Si2. The highest BCUT2D eigenvalue weighted by molar-refractivity contribution is 6.98. The summed E-state index contributed by atoms with van der Waals surface area (Å²) in [5, 5.41) is 6.92. The molecule has 0 N–H and O–H groups in total. The van der Waals surface area contributed by atoms with Gasteiger partial charge in [0.15, 0.2) is 5.69 Å². The standard InChI is InChI=1S/C17H26N2O4Si2/c1-22-16(20)14-11-9-12(24(3,4)5)13(25(6,7)8)10-19(11)18-15(14)17(21)23-2/h9-10H,1-8H3. The van der Waals surface area contributed by atoms with Gasteiger partial charge in [0, 0.05) is 6.20 Å². The van der Waals surface area contributed by atoms with E-state index < -0.39 is 28.1 Å². The zero-order valence-corrected chi connectivity index (χ0v) is 18.2. The third kappa shape index (κ3) is 3.54. The first-order valence-corrected chi connectivity index (χ1v) is 15.2. The van der Waals surface area contributed by atoms with Gasteiger partial charge in [0.1, 0.15) is 5.56 Å². The fraction of sp³-hybridized carbons (Fsp3) is 0.471. The predicted octanol–water partition coefficient (Wildman–Crippen LogP) is 2.00. The summed E-state index contributed by atoms with van der Waals surface area (Å²) in [5.41, 5.74) is 0.742. The molecule has 0 aliphatic rings. The van der Waals surface area contributed by atoms with Gasteiger partial charge in [-0.2, -0.15) is 5.10 Å². The van der Waals surface area contributed by atoms with Gasteiger partial charge < -0.3 is 9.47 Å². The third-order valence-electron chi connectivity index (χ3n) is 4.15. The number of rotatable bonds is 4. The second-order valence-corrected chi connectivity index (χ2v) is 18.2. The van der Waals surface area contributed by atoms with Gasteiger partial charge in [-0.25, -0.2) is 14.1 Å². The minimum atomic E-state index is -1.67. The maximum atomic E-state index is 12.3. The van der Waals surface area contributed by atoms with Crippen LogP contribution in [0.3, 0.4) is 0 Å². The van der Waals surface area contributed by atoms with Gasteiger partial charge in [0.2, 0.25) is 0 Å². The van der Waals surface area contributed by atoms with E-state index in [0.717, 1.165) is 0 Å². The van der Waals surface area contributed by atoms with Crippen molar-refractivity contribution in [3.05, 3.63) is 23.5 Å². The first-order valence-electron chi connectivity index (χ1n) is 8.15. The van der Waals surface area contributed by atoms with Crippen molar-refractivity contribution in [2.45, 2.75) is 39.3 Å². The highest BCUT2D eigenvalue weighted by atomic mass is 28.3. The quantitative estimate of drug-likeness (QED) is 0.601. The monoisotopic (exact) mass is 378 g/mol. The summed E-state index contributed by atoms with van der Waals surface area (Å²) in [5.74, 6) is -1.23. The minimum Gasteiger partial charge on any atom is -0.465 e. The van der Waals surface area contributed by atoms with E-state index in [4.69, 9.17) is 9.47 Å². The van der Waals surface area contributed by atoms with Crippen molar-refractivity contribution in [1.29, 1.82) is 0 Å². The first kappa shape index (κ1) is 19.4. The third-order valence-corrected chi connectivity index (χ3v) is 8.45. The zero-order valence-electron chi connectivity index (χ0n) is 16.2. The number of nitrogens with zero attached hydrogens (tertiary/aromatic N) is 2. The van der Waals surface area contributed by atoms with E-state index >= 15 is 0 Å². The van der Waals surface area contributed by atoms with E-state index in [1.54, 1.807) is 4.52 Å². The number of pyridine rings is 1. The number of carbonyl (C=O) groups excluding carboxylic acids is 2. The molecule has 6 nitrogen and oxygen atoms in total. The van der Waals surface area contributed by atoms with Gasteiger partial charge in [-0.15, -0.1) is 0 Å². The Balaban J connectivity index is 2.95. The topological polar surface area (TPSA) is 69.9 Å². The van der Waals surface area contributed by atoms with Crippen molar-refractivity contribution in [2.24, 2.45) is 0 Å². The Kier molecular flexibility index (Phi) is 4.98. The van der Waals surface area contributed by atoms with Crippen LogP contribution >= 0.6 is 0 Å². The molecule has 0 spiro atoms. The smallest absolute Gasteiger partial charge is 0.359 e. The average molecular weight is 379 g/mol. The minimum absolute atomic E-state index is 0.0106. The maximum absolute atomic E-state index is 12.3. The van der Waals surface area contributed by atoms with Crippen molar-refractivity contribution < 1.29 is 19.1 Å². The van der Waals surface area contributed by atoms with E-state index in [0.29, 0.717) is 5.52 Å². The van der Waals surface area contributed by atoms with Crippen molar-refractivity contribution >= 4 is 44.0 Å². The van der Waals surface area contributed by atoms with Gasteiger partial charge >= 0.3 is 11.9 Å². The van der Waals surface area contributed by atoms with Gasteiger partial charge in [-0.1, -0.05) is 44.5 Å². The van der Waals surface area contributed by atoms with Crippen molar-refractivity contribution in [3.8, 4) is 0 Å². The van der Waals surface area contributed by atoms with Crippen LogP contribution in [-0.2, 0) is 9.47 Å². The Morgan fingerprint density at radius 3 is 1.88 bits per heavy atom.